The van der Waals surface area contributed by atoms with Crippen LogP contribution in [0.25, 0.3) is 0 Å². The molecule has 63 heavy (non-hydrogen) atoms. The van der Waals surface area contributed by atoms with Crippen molar-refractivity contribution in [3.8, 4) is 23.0 Å². The number of aliphatic carboxylic acids is 1. The molecule has 1 spiro atoms. The van der Waals surface area contributed by atoms with Crippen molar-refractivity contribution < 1.29 is 53.3 Å². The molecule has 0 radical (unpaired) electrons. The van der Waals surface area contributed by atoms with Crippen LogP contribution in [0.3, 0.4) is 0 Å². The number of anilines is 1. The van der Waals surface area contributed by atoms with Gasteiger partial charge in [0.25, 0.3) is 11.8 Å². The summed E-state index contributed by atoms with van der Waals surface area (Å²) >= 11 is 5.51. The van der Waals surface area contributed by atoms with Crippen LogP contribution in [0.1, 0.15) is 99.0 Å². The number of hydrogen-bond acceptors (Lipinski definition) is 14. The Hall–Kier alpha value is -7.55. The second kappa shape index (κ2) is 17.1. The minimum atomic E-state index is -1.41. The van der Waals surface area contributed by atoms with E-state index in [1.165, 1.54) is 41.6 Å². The van der Waals surface area contributed by atoms with Gasteiger partial charge >= 0.3 is 11.9 Å². The van der Waals surface area contributed by atoms with Crippen molar-refractivity contribution in [2.24, 2.45) is 0 Å². The minimum Gasteiger partial charge on any atom is -0.508 e. The van der Waals surface area contributed by atoms with Gasteiger partial charge in [-0.1, -0.05) is 25.1 Å². The fourth-order valence-corrected chi connectivity index (χ4v) is 8.34. The molecule has 1 fully saturated rings. The molecule has 20 nitrogen and oxygen atoms in total. The lowest BCUT2D eigenvalue weighted by atomic mass is 9.77. The van der Waals surface area contributed by atoms with Gasteiger partial charge in [-0.05, 0) is 80.2 Å². The smallest absolute Gasteiger partial charge is 0.340 e. The summed E-state index contributed by atoms with van der Waals surface area (Å²) in [6.07, 6.45) is 3.33. The molecule has 1 saturated heterocycles. The number of carboxylic acid groups (broad SMARTS) is 1. The van der Waals surface area contributed by atoms with Crippen molar-refractivity contribution in [3.63, 3.8) is 0 Å². The number of likely N-dealkylation sites (tertiary alicyclic amines) is 1. The van der Waals surface area contributed by atoms with E-state index >= 15 is 0 Å². The molecular formula is C42H41N9O11S. The van der Waals surface area contributed by atoms with Crippen LogP contribution in [0.5, 0.6) is 23.0 Å². The van der Waals surface area contributed by atoms with E-state index in [1.54, 1.807) is 30.3 Å². The molecule has 3 atom stereocenters. The van der Waals surface area contributed by atoms with E-state index in [-0.39, 0.29) is 70.2 Å². The molecule has 3 aliphatic rings. The van der Waals surface area contributed by atoms with Crippen LogP contribution in [0, 0.1) is 0 Å². The first-order valence-corrected chi connectivity index (χ1v) is 20.4. The topological polar surface area (TPSA) is 283 Å². The number of ether oxygens (including phenoxy) is 2. The maximum absolute atomic E-state index is 13.8. The zero-order valence-corrected chi connectivity index (χ0v) is 34.5. The summed E-state index contributed by atoms with van der Waals surface area (Å²) < 4.78 is 17.2. The average molecular weight is 880 g/mol. The van der Waals surface area contributed by atoms with Crippen LogP contribution in [0.15, 0.2) is 71.6 Å². The zero-order chi connectivity index (χ0) is 44.6. The molecule has 0 saturated carbocycles. The molecule has 326 valence electrons. The van der Waals surface area contributed by atoms with Crippen molar-refractivity contribution in [3.05, 3.63) is 106 Å². The van der Waals surface area contributed by atoms with Gasteiger partial charge in [-0.15, -0.1) is 0 Å². The number of aromatic hydroxyl groups is 2. The van der Waals surface area contributed by atoms with E-state index in [0.717, 1.165) is 0 Å². The third-order valence-corrected chi connectivity index (χ3v) is 11.3. The van der Waals surface area contributed by atoms with Crippen LogP contribution >= 0.6 is 12.2 Å². The third kappa shape index (κ3) is 8.16. The van der Waals surface area contributed by atoms with Gasteiger partial charge in [0.1, 0.15) is 46.9 Å². The predicted molar refractivity (Wildman–Crippen MR) is 223 cm³/mol. The Labute approximate surface area is 363 Å². The molecule has 0 unspecified atom stereocenters. The number of aromatic nitrogens is 4. The van der Waals surface area contributed by atoms with E-state index in [9.17, 15) is 39.3 Å². The first-order chi connectivity index (χ1) is 30.2. The molecule has 21 heteroatoms. The molecule has 3 aliphatic heterocycles. The largest absolute Gasteiger partial charge is 0.508 e. The Morgan fingerprint density at radius 1 is 1.00 bits per heavy atom. The van der Waals surface area contributed by atoms with E-state index in [1.807, 2.05) is 13.8 Å². The van der Waals surface area contributed by atoms with Crippen molar-refractivity contribution >= 4 is 52.7 Å². The summed E-state index contributed by atoms with van der Waals surface area (Å²) in [7, 11) is 0. The lowest BCUT2D eigenvalue weighted by Crippen LogP contribution is -2.51. The summed E-state index contributed by atoms with van der Waals surface area (Å²) in [6.45, 7) is 3.95. The highest BCUT2D eigenvalue weighted by Gasteiger charge is 2.54. The zero-order valence-electron chi connectivity index (χ0n) is 33.7. The van der Waals surface area contributed by atoms with Gasteiger partial charge in [0.2, 0.25) is 5.91 Å². The van der Waals surface area contributed by atoms with Crippen LogP contribution in [-0.4, -0.2) is 107 Å². The van der Waals surface area contributed by atoms with Crippen molar-refractivity contribution in [2.45, 2.75) is 69.2 Å². The molecule has 5 heterocycles. The van der Waals surface area contributed by atoms with E-state index in [0.29, 0.717) is 47.5 Å². The van der Waals surface area contributed by atoms with E-state index in [2.05, 4.69) is 41.8 Å². The maximum atomic E-state index is 13.8. The van der Waals surface area contributed by atoms with Gasteiger partial charge in [0.05, 0.1) is 17.5 Å². The second-order valence-electron chi connectivity index (χ2n) is 15.6. The number of nitrogens with one attached hydrogen (secondary N) is 5. The number of carboxylic acids is 1. The van der Waals surface area contributed by atoms with Crippen molar-refractivity contribution in [2.75, 3.05) is 18.4 Å². The van der Waals surface area contributed by atoms with Crippen LogP contribution in [0.2, 0.25) is 0 Å². The number of amides is 3. The molecule has 8 N–H and O–H groups in total. The van der Waals surface area contributed by atoms with Gasteiger partial charge in [-0.25, -0.2) is 9.59 Å². The molecule has 0 aliphatic carbocycles. The highest BCUT2D eigenvalue weighted by atomic mass is 32.1. The number of phenolic OH excluding ortho intramolecular Hbond substituents is 2. The SMILES string of the molecule is CC(C)c1nocc1C(=O)N1C[C@H](NC(=O)c2cn[nH]n2)C[C@H]1C(=O)N[C@@H](CCCCNC(=S)Nc1ccc2c(c1)C(=O)OC21c2ccc(O)cc2Oc2cc(O)ccc21)C(=O)O. The Balaban J connectivity index is 0.874. The van der Waals surface area contributed by atoms with Crippen LogP contribution < -0.4 is 26.0 Å². The highest BCUT2D eigenvalue weighted by Crippen LogP contribution is 2.57. The predicted octanol–water partition coefficient (Wildman–Crippen LogP) is 3.63. The molecular weight excluding hydrogens is 839 g/mol. The summed E-state index contributed by atoms with van der Waals surface area (Å²) in [5.41, 5.74) is 1.42. The number of rotatable bonds is 13. The number of unbranched alkanes of at least 4 members (excludes halogenated alkanes) is 1. The Bertz CT molecular complexity index is 2580. The second-order valence-corrected chi connectivity index (χ2v) is 16.0. The number of hydrogen-bond donors (Lipinski definition) is 8. The number of benzene rings is 3. The quantitative estimate of drug-likeness (QED) is 0.0476. The lowest BCUT2D eigenvalue weighted by molar-refractivity contribution is -0.142. The lowest BCUT2D eigenvalue weighted by Gasteiger charge is -2.36. The normalized spacial score (nSPS) is 17.2. The number of aromatic amines is 1. The van der Waals surface area contributed by atoms with E-state index < -0.39 is 53.4 Å². The molecule has 8 rings (SSSR count). The number of carbonyl (C=O) groups excluding carboxylic acids is 4. The van der Waals surface area contributed by atoms with Crippen molar-refractivity contribution in [1.82, 2.24) is 41.4 Å². The molecule has 2 aromatic heterocycles. The van der Waals surface area contributed by atoms with Gasteiger partial charge in [0.15, 0.2) is 16.4 Å². The van der Waals surface area contributed by atoms with Crippen LogP contribution in [-0.2, 0) is 19.9 Å². The summed E-state index contributed by atoms with van der Waals surface area (Å²) in [5.74, 6) is -3.45. The molecule has 5 aromatic rings. The monoisotopic (exact) mass is 879 g/mol. The number of thiocarbonyl (C=S) groups is 1. The standard InChI is InChI=1S/C42H41N9O11S/c1-20(2)35-26(19-60-49-35)38(56)51-18-22(45-36(54)31-17-44-50-48-31)14-32(51)37(55)47-30(39(57)58)5-3-4-12-43-41(63)46-21-6-9-27-25(13-21)40(59)62-42(27)28-10-7-23(52)15-33(28)61-34-16-24(53)8-11-29(34)42/h6-11,13,15-17,19-20,22,30,32,52-53H,3-5,12,14,18H2,1-2H3,(H,45,54)(H,47,55)(H,57,58)(H2,43,46,63)(H,44,48,50)/t22-,30+,32+/m1/s1. The Kier molecular flexibility index (Phi) is 11.4. The first kappa shape index (κ1) is 42.2. The third-order valence-electron chi connectivity index (χ3n) is 11.1. The summed E-state index contributed by atoms with van der Waals surface area (Å²) in [5, 5.41) is 55.8. The first-order valence-electron chi connectivity index (χ1n) is 20.0. The number of H-pyrrole nitrogens is 1. The van der Waals surface area contributed by atoms with Crippen molar-refractivity contribution in [1.29, 1.82) is 0 Å². The number of fused-ring (bicyclic) bond motifs is 6. The Morgan fingerprint density at radius 3 is 2.38 bits per heavy atom. The maximum Gasteiger partial charge on any atom is 0.340 e. The number of esters is 1. The molecule has 0 bridgehead atoms. The minimum absolute atomic E-state index is 0.00406. The number of carbonyl (C=O) groups is 5. The Morgan fingerprint density at radius 2 is 1.71 bits per heavy atom. The fraction of sp³-hybridized carbons (Fsp3) is 0.310. The van der Waals surface area contributed by atoms with Crippen LogP contribution in [0.4, 0.5) is 5.69 Å². The van der Waals surface area contributed by atoms with Gasteiger partial charge in [-0.2, -0.15) is 15.4 Å². The fourth-order valence-electron chi connectivity index (χ4n) is 8.12. The molecule has 3 aromatic carbocycles. The van der Waals surface area contributed by atoms with Gasteiger partial charge in [-0.3, -0.25) is 14.4 Å². The molecule has 3 amide bonds. The number of phenols is 2. The summed E-state index contributed by atoms with van der Waals surface area (Å²) in [6, 6.07) is 11.0. The highest BCUT2D eigenvalue weighted by molar-refractivity contribution is 7.80. The number of nitrogens with zero attached hydrogens (tertiary/aromatic N) is 4. The van der Waals surface area contributed by atoms with E-state index in [4.69, 9.17) is 26.2 Å². The van der Waals surface area contributed by atoms with Gasteiger partial charge < -0.3 is 55.5 Å². The van der Waals surface area contributed by atoms with Gasteiger partial charge in [0, 0.05) is 53.6 Å². The summed E-state index contributed by atoms with van der Waals surface area (Å²) in [4.78, 5) is 67.4. The average Bonchev–Trinajstić information content (AvgIpc) is 4.07.